The highest BCUT2D eigenvalue weighted by molar-refractivity contribution is 6.32. The zero-order chi connectivity index (χ0) is 20.4. The number of likely N-dealkylation sites (tertiary alicyclic amines) is 1. The number of fused-ring (bicyclic) bond motifs is 1. The van der Waals surface area contributed by atoms with E-state index in [2.05, 4.69) is 10.2 Å². The Kier molecular flexibility index (Phi) is 6.67. The number of hydrogen-bond acceptors (Lipinski definition) is 4. The van der Waals surface area contributed by atoms with Gasteiger partial charge in [-0.2, -0.15) is 0 Å². The van der Waals surface area contributed by atoms with Gasteiger partial charge in [-0.25, -0.2) is 0 Å². The van der Waals surface area contributed by atoms with Gasteiger partial charge < -0.3 is 14.8 Å². The number of carbonyl (C=O) groups excluding carboxylic acids is 1. The van der Waals surface area contributed by atoms with Gasteiger partial charge in [0, 0.05) is 33.2 Å². The first-order valence-corrected chi connectivity index (χ1v) is 11.4. The van der Waals surface area contributed by atoms with Gasteiger partial charge in [-0.15, -0.1) is 0 Å². The standard InChI is InChI=1S/C23H33ClN2O3/c1-15-3-6-20(24)22(9-15)28-8-7-26-12-18-10-21(25-16(2)27)23(11-19(18)13-26)29-14-17-4-5-17/h3,6,9,17-19,21,23H,4-5,7-8,10-14H2,1-2H3,(H,25,27)/t18-,19+,21-,23-/m1/s1. The Hall–Kier alpha value is -1.30. The average molecular weight is 421 g/mol. The molecular weight excluding hydrogens is 388 g/mol. The molecular formula is C23H33ClN2O3. The Morgan fingerprint density at radius 2 is 2.00 bits per heavy atom. The molecule has 0 bridgehead atoms. The maximum Gasteiger partial charge on any atom is 0.217 e. The fraction of sp³-hybridized carbons (Fsp3) is 0.696. The molecule has 2 saturated carbocycles. The molecule has 1 saturated heterocycles. The van der Waals surface area contributed by atoms with Crippen LogP contribution in [0, 0.1) is 24.7 Å². The Morgan fingerprint density at radius 1 is 1.24 bits per heavy atom. The first-order valence-electron chi connectivity index (χ1n) is 11.0. The maximum atomic E-state index is 11.7. The van der Waals surface area contributed by atoms with E-state index in [1.807, 2.05) is 25.1 Å². The van der Waals surface area contributed by atoms with Crippen LogP contribution in [-0.4, -0.2) is 55.8 Å². The van der Waals surface area contributed by atoms with Gasteiger partial charge in [-0.05, 0) is 68.1 Å². The van der Waals surface area contributed by atoms with Gasteiger partial charge in [-0.1, -0.05) is 17.7 Å². The minimum Gasteiger partial charge on any atom is -0.491 e. The maximum absolute atomic E-state index is 11.7. The van der Waals surface area contributed by atoms with E-state index in [9.17, 15) is 4.79 Å². The Labute approximate surface area is 179 Å². The number of amides is 1. The van der Waals surface area contributed by atoms with Crippen LogP contribution < -0.4 is 10.1 Å². The molecule has 0 spiro atoms. The second-order valence-electron chi connectivity index (χ2n) is 9.16. The highest BCUT2D eigenvalue weighted by atomic mass is 35.5. The lowest BCUT2D eigenvalue weighted by atomic mass is 9.77. The second kappa shape index (κ2) is 9.23. The van der Waals surface area contributed by atoms with Gasteiger partial charge in [-0.3, -0.25) is 9.69 Å². The van der Waals surface area contributed by atoms with E-state index in [0.29, 0.717) is 23.5 Å². The van der Waals surface area contributed by atoms with E-state index >= 15 is 0 Å². The van der Waals surface area contributed by atoms with Gasteiger partial charge in [0.1, 0.15) is 12.4 Å². The molecule has 1 heterocycles. The number of carbonyl (C=O) groups is 1. The molecule has 1 N–H and O–H groups in total. The topological polar surface area (TPSA) is 50.8 Å². The third kappa shape index (κ3) is 5.65. The highest BCUT2D eigenvalue weighted by Gasteiger charge is 2.43. The summed E-state index contributed by atoms with van der Waals surface area (Å²) in [6, 6.07) is 6.02. The molecule has 5 nitrogen and oxygen atoms in total. The molecule has 2 aliphatic carbocycles. The summed E-state index contributed by atoms with van der Waals surface area (Å²) in [6.45, 7) is 8.20. The van der Waals surface area contributed by atoms with Gasteiger partial charge in [0.25, 0.3) is 0 Å². The lowest BCUT2D eigenvalue weighted by molar-refractivity contribution is -0.122. The van der Waals surface area contributed by atoms with Crippen LogP contribution in [0.3, 0.4) is 0 Å². The summed E-state index contributed by atoms with van der Waals surface area (Å²) >= 11 is 6.23. The third-order valence-corrected chi connectivity index (χ3v) is 6.89. The summed E-state index contributed by atoms with van der Waals surface area (Å²) in [5.74, 6) is 2.83. The quantitative estimate of drug-likeness (QED) is 0.697. The van der Waals surface area contributed by atoms with Crippen LogP contribution in [0.25, 0.3) is 0 Å². The predicted molar refractivity (Wildman–Crippen MR) is 114 cm³/mol. The van der Waals surface area contributed by atoms with E-state index in [1.165, 1.54) is 12.8 Å². The number of aryl methyl sites for hydroxylation is 1. The Balaban J connectivity index is 1.28. The van der Waals surface area contributed by atoms with E-state index in [4.69, 9.17) is 21.1 Å². The fourth-order valence-electron chi connectivity index (χ4n) is 4.84. The molecule has 6 heteroatoms. The summed E-state index contributed by atoms with van der Waals surface area (Å²) in [4.78, 5) is 14.2. The van der Waals surface area contributed by atoms with Crippen molar-refractivity contribution in [1.29, 1.82) is 0 Å². The van der Waals surface area contributed by atoms with Gasteiger partial charge in [0.05, 0.1) is 17.2 Å². The van der Waals surface area contributed by atoms with E-state index < -0.39 is 0 Å². The van der Waals surface area contributed by atoms with E-state index in [-0.39, 0.29) is 18.1 Å². The summed E-state index contributed by atoms with van der Waals surface area (Å²) < 4.78 is 12.2. The molecule has 29 heavy (non-hydrogen) atoms. The average Bonchev–Trinajstić information content (AvgIpc) is 3.41. The van der Waals surface area contributed by atoms with Gasteiger partial charge in [0.2, 0.25) is 5.91 Å². The van der Waals surface area contributed by atoms with Crippen LogP contribution in [0.4, 0.5) is 0 Å². The predicted octanol–water partition coefficient (Wildman–Crippen LogP) is 3.67. The lowest BCUT2D eigenvalue weighted by Crippen LogP contribution is -2.50. The minimum absolute atomic E-state index is 0.0479. The molecule has 1 aromatic rings. The third-order valence-electron chi connectivity index (χ3n) is 6.58. The molecule has 160 valence electrons. The largest absolute Gasteiger partial charge is 0.491 e. The van der Waals surface area contributed by atoms with Crippen molar-refractivity contribution in [3.05, 3.63) is 28.8 Å². The Morgan fingerprint density at radius 3 is 2.72 bits per heavy atom. The van der Waals surface area contributed by atoms with Crippen LogP contribution in [0.1, 0.15) is 38.2 Å². The zero-order valence-electron chi connectivity index (χ0n) is 17.5. The van der Waals surface area contributed by atoms with E-state index in [1.54, 1.807) is 6.92 Å². The van der Waals surface area contributed by atoms with Gasteiger partial charge in [0.15, 0.2) is 0 Å². The van der Waals surface area contributed by atoms with Crippen molar-refractivity contribution in [2.45, 2.75) is 51.7 Å². The summed E-state index contributed by atoms with van der Waals surface area (Å²) in [5, 5.41) is 3.82. The number of benzene rings is 1. The number of rotatable bonds is 8. The first kappa shape index (κ1) is 21.0. The van der Waals surface area contributed by atoms with E-state index in [0.717, 1.165) is 56.3 Å². The lowest BCUT2D eigenvalue weighted by Gasteiger charge is -2.38. The molecule has 4 atom stereocenters. The van der Waals surface area contributed by atoms with Gasteiger partial charge >= 0.3 is 0 Å². The molecule has 1 aromatic carbocycles. The van der Waals surface area contributed by atoms with Crippen molar-refractivity contribution in [1.82, 2.24) is 10.2 Å². The molecule has 1 aliphatic heterocycles. The molecule has 3 aliphatic rings. The molecule has 1 amide bonds. The molecule has 4 rings (SSSR count). The number of ether oxygens (including phenoxy) is 2. The normalized spacial score (nSPS) is 29.5. The number of hydrogen-bond donors (Lipinski definition) is 1. The van der Waals surface area contributed by atoms with Crippen molar-refractivity contribution in [3.63, 3.8) is 0 Å². The van der Waals surface area contributed by atoms with Crippen molar-refractivity contribution in [2.24, 2.45) is 17.8 Å². The minimum atomic E-state index is 0.0479. The van der Waals surface area contributed by atoms with Crippen molar-refractivity contribution in [3.8, 4) is 5.75 Å². The summed E-state index contributed by atoms with van der Waals surface area (Å²) in [6.07, 6.45) is 4.80. The second-order valence-corrected chi connectivity index (χ2v) is 9.56. The summed E-state index contributed by atoms with van der Waals surface area (Å²) in [5.41, 5.74) is 1.15. The smallest absolute Gasteiger partial charge is 0.217 e. The first-order chi connectivity index (χ1) is 14.0. The van der Waals surface area contributed by atoms with Crippen LogP contribution in [0.2, 0.25) is 5.02 Å². The highest BCUT2D eigenvalue weighted by Crippen LogP contribution is 2.39. The molecule has 0 radical (unpaired) electrons. The molecule has 3 fully saturated rings. The number of nitrogens with zero attached hydrogens (tertiary/aromatic N) is 1. The van der Waals surface area contributed by atoms with Crippen molar-refractivity contribution < 1.29 is 14.3 Å². The Bertz CT molecular complexity index is 724. The van der Waals surface area contributed by atoms with Crippen LogP contribution in [-0.2, 0) is 9.53 Å². The van der Waals surface area contributed by atoms with Crippen molar-refractivity contribution in [2.75, 3.05) is 32.8 Å². The summed E-state index contributed by atoms with van der Waals surface area (Å²) in [7, 11) is 0. The van der Waals surface area contributed by atoms with Crippen LogP contribution >= 0.6 is 11.6 Å². The zero-order valence-corrected chi connectivity index (χ0v) is 18.3. The number of halogens is 1. The molecule has 0 aromatic heterocycles. The van der Waals surface area contributed by atoms with Crippen molar-refractivity contribution >= 4 is 17.5 Å². The molecule has 0 unspecified atom stereocenters. The van der Waals surface area contributed by atoms with Crippen LogP contribution in [0.15, 0.2) is 18.2 Å². The number of nitrogens with one attached hydrogen (secondary N) is 1. The monoisotopic (exact) mass is 420 g/mol. The SMILES string of the molecule is CC(=O)N[C@@H]1C[C@@H]2CN(CCOc3cc(C)ccc3Cl)C[C@@H]2C[C@H]1OCC1CC1. The fourth-order valence-corrected chi connectivity index (χ4v) is 5.01. The van der Waals surface area contributed by atoms with Crippen LogP contribution in [0.5, 0.6) is 5.75 Å².